The van der Waals surface area contributed by atoms with E-state index in [1.54, 1.807) is 0 Å². The Kier molecular flexibility index (Phi) is 4.43. The zero-order valence-corrected chi connectivity index (χ0v) is 13.6. The summed E-state index contributed by atoms with van der Waals surface area (Å²) in [5.41, 5.74) is 0.154. The van der Waals surface area contributed by atoms with E-state index in [0.29, 0.717) is 0 Å². The van der Waals surface area contributed by atoms with Crippen molar-refractivity contribution in [2.24, 2.45) is 0 Å². The molecule has 0 amide bonds. The molecule has 0 bridgehead atoms. The number of rotatable bonds is 4. The monoisotopic (exact) mass is 366 g/mol. The van der Waals surface area contributed by atoms with Gasteiger partial charge in [0.1, 0.15) is 0 Å². The zero-order valence-electron chi connectivity index (χ0n) is 10.4. The third-order valence-electron chi connectivity index (χ3n) is 2.42. The first-order chi connectivity index (χ1) is 9.70. The van der Waals surface area contributed by atoms with Gasteiger partial charge in [0.25, 0.3) is 10.0 Å². The molecule has 0 aliphatic carbocycles. The molecule has 0 unspecified atom stereocenters. The molecule has 0 atom stereocenters. The van der Waals surface area contributed by atoms with E-state index in [0.717, 1.165) is 17.4 Å². The first-order valence-electron chi connectivity index (χ1n) is 5.39. The van der Waals surface area contributed by atoms with Gasteiger partial charge in [-0.15, -0.1) is 0 Å². The van der Waals surface area contributed by atoms with Crippen LogP contribution in [0, 0.1) is 6.92 Å². The van der Waals surface area contributed by atoms with E-state index in [9.17, 15) is 13.2 Å². The van der Waals surface area contributed by atoms with Gasteiger partial charge in [0.15, 0.2) is 8.68 Å². The van der Waals surface area contributed by atoms with Crippen LogP contribution in [0.3, 0.4) is 0 Å². The van der Waals surface area contributed by atoms with Gasteiger partial charge < -0.3 is 5.11 Å². The highest BCUT2D eigenvalue weighted by Crippen LogP contribution is 2.29. The summed E-state index contributed by atoms with van der Waals surface area (Å²) in [6.45, 7) is 1.52. The number of sulfonamides is 1. The number of nitrogens with one attached hydrogen (secondary N) is 1. The fourth-order valence-electron chi connectivity index (χ4n) is 1.55. The molecule has 0 aliphatic rings. The number of benzene rings is 1. The van der Waals surface area contributed by atoms with Crippen LogP contribution in [-0.2, 0) is 10.0 Å². The molecule has 0 fully saturated rings. The molecule has 0 aliphatic heterocycles. The van der Waals surface area contributed by atoms with Crippen molar-refractivity contribution in [2.75, 3.05) is 4.72 Å². The lowest BCUT2D eigenvalue weighted by Gasteiger charge is -2.08. The van der Waals surface area contributed by atoms with Crippen molar-refractivity contribution in [1.29, 1.82) is 0 Å². The summed E-state index contributed by atoms with van der Waals surface area (Å²) < 4.78 is 26.8. The summed E-state index contributed by atoms with van der Waals surface area (Å²) in [5, 5.41) is 8.98. The molecule has 1 aromatic carbocycles. The van der Waals surface area contributed by atoms with E-state index < -0.39 is 16.0 Å². The molecule has 0 radical (unpaired) electrons. The lowest BCUT2D eigenvalue weighted by atomic mass is 10.2. The fourth-order valence-corrected chi connectivity index (χ4v) is 4.54. The maximum Gasteiger partial charge on any atom is 0.337 e. The summed E-state index contributed by atoms with van der Waals surface area (Å²) >= 11 is 12.2. The molecule has 1 aromatic heterocycles. The van der Waals surface area contributed by atoms with Gasteiger partial charge in [-0.2, -0.15) is 0 Å². The van der Waals surface area contributed by atoms with Crippen LogP contribution in [0.15, 0.2) is 22.4 Å². The first-order valence-corrected chi connectivity index (χ1v) is 8.45. The molecule has 2 N–H and O–H groups in total. The molecule has 2 rings (SSSR count). The highest BCUT2D eigenvalue weighted by Gasteiger charge is 2.22. The average Bonchev–Trinajstić information content (AvgIpc) is 2.71. The van der Waals surface area contributed by atoms with Crippen LogP contribution < -0.4 is 4.72 Å². The molecule has 21 heavy (non-hydrogen) atoms. The van der Waals surface area contributed by atoms with Crippen LogP contribution in [0.4, 0.5) is 5.69 Å². The van der Waals surface area contributed by atoms with E-state index in [4.69, 9.17) is 28.3 Å². The molecule has 0 saturated carbocycles. The van der Waals surface area contributed by atoms with Crippen molar-refractivity contribution < 1.29 is 18.3 Å². The highest BCUT2D eigenvalue weighted by molar-refractivity contribution is 7.94. The number of halogens is 2. The number of nitrogens with zero attached hydrogens (tertiary/aromatic N) is 1. The Balaban J connectivity index is 2.40. The van der Waals surface area contributed by atoms with Crippen molar-refractivity contribution in [2.45, 2.75) is 11.1 Å². The van der Waals surface area contributed by atoms with Gasteiger partial charge in [-0.05, 0) is 25.1 Å². The number of aryl methyl sites for hydroxylation is 1. The van der Waals surface area contributed by atoms with Crippen LogP contribution >= 0.6 is 34.5 Å². The van der Waals surface area contributed by atoms with Gasteiger partial charge in [-0.3, -0.25) is 4.72 Å². The predicted octanol–water partition coefficient (Wildman–Crippen LogP) is 3.26. The van der Waals surface area contributed by atoms with Gasteiger partial charge in [0, 0.05) is 5.69 Å². The van der Waals surface area contributed by atoms with Gasteiger partial charge in [0.05, 0.1) is 16.3 Å². The van der Waals surface area contributed by atoms with Gasteiger partial charge in [-0.1, -0.05) is 34.5 Å². The lowest BCUT2D eigenvalue weighted by molar-refractivity contribution is 0.0697. The van der Waals surface area contributed by atoms with Crippen LogP contribution in [0.5, 0.6) is 0 Å². The van der Waals surface area contributed by atoms with Crippen LogP contribution in [-0.4, -0.2) is 24.5 Å². The molecule has 0 saturated heterocycles. The number of carboxylic acid groups (broad SMARTS) is 1. The standard InChI is InChI=1S/C11H8Cl2N2O4S2/c1-5-10(20-11(13)14-5)21(18,19)15-6-2-3-8(12)7(4-6)9(16)17/h2-4,15H,1H3,(H,16,17). The van der Waals surface area contributed by atoms with Gasteiger partial charge in [0.2, 0.25) is 0 Å². The topological polar surface area (TPSA) is 96.4 Å². The second-order valence-corrected chi connectivity index (χ2v) is 7.81. The van der Waals surface area contributed by atoms with Crippen molar-refractivity contribution in [3.63, 3.8) is 0 Å². The molecule has 1 heterocycles. The highest BCUT2D eigenvalue weighted by atomic mass is 35.5. The summed E-state index contributed by atoms with van der Waals surface area (Å²) in [4.78, 5) is 14.8. The van der Waals surface area contributed by atoms with E-state index in [1.807, 2.05) is 0 Å². The normalized spacial score (nSPS) is 11.4. The van der Waals surface area contributed by atoms with Crippen molar-refractivity contribution in [1.82, 2.24) is 4.98 Å². The number of aromatic nitrogens is 1. The Morgan fingerprint density at radius 2 is 2.05 bits per heavy atom. The van der Waals surface area contributed by atoms with Crippen molar-refractivity contribution >= 4 is 56.2 Å². The number of anilines is 1. The maximum absolute atomic E-state index is 12.2. The number of carbonyl (C=O) groups is 1. The van der Waals surface area contributed by atoms with Gasteiger partial charge in [-0.25, -0.2) is 18.2 Å². The SMILES string of the molecule is Cc1nc(Cl)sc1S(=O)(=O)Nc1ccc(Cl)c(C(=O)O)c1. The summed E-state index contributed by atoms with van der Waals surface area (Å²) in [6.07, 6.45) is 0. The average molecular weight is 367 g/mol. The summed E-state index contributed by atoms with van der Waals surface area (Å²) in [5.74, 6) is -1.25. The van der Waals surface area contributed by atoms with E-state index in [-0.39, 0.29) is 30.6 Å². The number of hydrogen-bond acceptors (Lipinski definition) is 5. The Morgan fingerprint density at radius 1 is 1.38 bits per heavy atom. The van der Waals surface area contributed by atoms with E-state index in [2.05, 4.69) is 9.71 Å². The third kappa shape index (κ3) is 3.46. The minimum atomic E-state index is -3.89. The molecular weight excluding hydrogens is 359 g/mol. The molecule has 2 aromatic rings. The molecule has 6 nitrogen and oxygen atoms in total. The van der Waals surface area contributed by atoms with Gasteiger partial charge >= 0.3 is 5.97 Å². The maximum atomic E-state index is 12.2. The molecule has 0 spiro atoms. The van der Waals surface area contributed by atoms with Crippen molar-refractivity contribution in [3.8, 4) is 0 Å². The zero-order chi connectivity index (χ0) is 15.8. The third-order valence-corrected chi connectivity index (χ3v) is 6.00. The van der Waals surface area contributed by atoms with Crippen LogP contribution in [0.1, 0.15) is 16.1 Å². The number of carboxylic acids is 1. The minimum absolute atomic E-state index is 0.0162. The summed E-state index contributed by atoms with van der Waals surface area (Å²) in [6, 6.07) is 3.81. The molecule has 112 valence electrons. The Bertz CT molecular complexity index is 818. The predicted molar refractivity (Wildman–Crippen MR) is 81.1 cm³/mol. The lowest BCUT2D eigenvalue weighted by Crippen LogP contribution is -2.13. The number of hydrogen-bond donors (Lipinski definition) is 2. The van der Waals surface area contributed by atoms with Crippen LogP contribution in [0.25, 0.3) is 0 Å². The number of thiazole rings is 1. The second kappa shape index (κ2) is 5.80. The largest absolute Gasteiger partial charge is 0.478 e. The molecular formula is C11H8Cl2N2O4S2. The van der Waals surface area contributed by atoms with E-state index in [1.165, 1.54) is 19.1 Å². The van der Waals surface area contributed by atoms with Crippen LogP contribution in [0.2, 0.25) is 9.49 Å². The Labute approximate surface area is 134 Å². The van der Waals surface area contributed by atoms with E-state index >= 15 is 0 Å². The first kappa shape index (κ1) is 16.0. The fraction of sp³-hybridized carbons (Fsp3) is 0.0909. The van der Waals surface area contributed by atoms with Crippen molar-refractivity contribution in [3.05, 3.63) is 38.9 Å². The Hall–Kier alpha value is -1.35. The summed E-state index contributed by atoms with van der Waals surface area (Å²) in [7, 11) is -3.89. The molecule has 10 heteroatoms. The minimum Gasteiger partial charge on any atom is -0.478 e. The second-order valence-electron chi connectivity index (χ2n) is 3.94. The smallest absolute Gasteiger partial charge is 0.337 e. The quantitative estimate of drug-likeness (QED) is 0.865. The Morgan fingerprint density at radius 3 is 2.57 bits per heavy atom. The number of aromatic carboxylic acids is 1.